The Hall–Kier alpha value is -2.14. The van der Waals surface area contributed by atoms with Gasteiger partial charge in [0, 0.05) is 25.4 Å². The average Bonchev–Trinajstić information content (AvgIpc) is 2.72. The molecule has 0 heterocycles. The van der Waals surface area contributed by atoms with E-state index in [-0.39, 0.29) is 6.61 Å². The van der Waals surface area contributed by atoms with Crippen LogP contribution in [0.15, 0.2) is 82.6 Å². The predicted octanol–water partition coefficient (Wildman–Crippen LogP) is 7.00. The van der Waals surface area contributed by atoms with E-state index in [0.29, 0.717) is 21.4 Å². The molecule has 0 aliphatic rings. The van der Waals surface area contributed by atoms with Crippen LogP contribution in [0, 0.1) is 0 Å². The molecule has 0 amide bonds. The van der Waals surface area contributed by atoms with Gasteiger partial charge in [-0.1, -0.05) is 47.1 Å². The summed E-state index contributed by atoms with van der Waals surface area (Å²) < 4.78 is 11.4. The number of ether oxygens (including phenoxy) is 2. The molecule has 0 radical (unpaired) electrons. The van der Waals surface area contributed by atoms with Crippen LogP contribution in [0.3, 0.4) is 0 Å². The summed E-state index contributed by atoms with van der Waals surface area (Å²) in [5.41, 5.74) is -0.584. The van der Waals surface area contributed by atoms with Crippen LogP contribution in [0.2, 0.25) is 10.0 Å². The van der Waals surface area contributed by atoms with E-state index in [4.69, 9.17) is 32.7 Å². The molecule has 1 unspecified atom stereocenters. The molecule has 150 valence electrons. The average molecular weight is 447 g/mol. The van der Waals surface area contributed by atoms with Gasteiger partial charge >= 0.3 is 5.97 Å². The maximum atomic E-state index is 12.8. The smallest absolute Gasteiger partial charge is 0.354 e. The summed E-state index contributed by atoms with van der Waals surface area (Å²) >= 11 is 13.5. The Balaban J connectivity index is 1.85. The highest BCUT2D eigenvalue weighted by molar-refractivity contribution is 7.99. The maximum absolute atomic E-state index is 12.8. The second-order valence-electron chi connectivity index (χ2n) is 6.39. The summed E-state index contributed by atoms with van der Waals surface area (Å²) in [7, 11) is 0. The van der Waals surface area contributed by atoms with E-state index in [9.17, 15) is 4.79 Å². The molecular weight excluding hydrogens is 427 g/mol. The van der Waals surface area contributed by atoms with Crippen LogP contribution in [-0.2, 0) is 15.1 Å². The Morgan fingerprint density at radius 1 is 0.862 bits per heavy atom. The summed E-state index contributed by atoms with van der Waals surface area (Å²) in [6.45, 7) is 3.75. The number of carbonyl (C=O) groups excluding carboxylic acids is 1. The summed E-state index contributed by atoms with van der Waals surface area (Å²) in [6.07, 6.45) is 0. The van der Waals surface area contributed by atoms with E-state index in [2.05, 4.69) is 0 Å². The van der Waals surface area contributed by atoms with E-state index in [1.165, 1.54) is 0 Å². The molecule has 3 aromatic rings. The lowest BCUT2D eigenvalue weighted by Gasteiger charge is -2.29. The van der Waals surface area contributed by atoms with Gasteiger partial charge in [0.2, 0.25) is 5.60 Å². The molecule has 3 aromatic carbocycles. The van der Waals surface area contributed by atoms with E-state index in [0.717, 1.165) is 9.79 Å². The van der Waals surface area contributed by atoms with Gasteiger partial charge in [-0.25, -0.2) is 4.79 Å². The van der Waals surface area contributed by atoms with Crippen molar-refractivity contribution in [2.45, 2.75) is 29.2 Å². The van der Waals surface area contributed by atoms with E-state index < -0.39 is 11.6 Å². The van der Waals surface area contributed by atoms with Gasteiger partial charge in [0.15, 0.2) is 0 Å². The van der Waals surface area contributed by atoms with Gasteiger partial charge in [0.25, 0.3) is 0 Å². The molecule has 0 spiro atoms. The SMILES string of the molecule is CCOC(=O)C(C)(Oc1ccc(Cl)cc1)c1ccc(Sc2ccc(Cl)cc2)cc1. The Morgan fingerprint density at radius 2 is 1.34 bits per heavy atom. The molecule has 3 nitrogen and oxygen atoms in total. The van der Waals surface area contributed by atoms with Crippen LogP contribution >= 0.6 is 35.0 Å². The fourth-order valence-electron chi connectivity index (χ4n) is 2.71. The standard InChI is InChI=1S/C23H20Cl2O3S/c1-3-27-22(26)23(2,28-19-10-6-17(24)7-11-19)16-4-12-20(13-5-16)29-21-14-8-18(25)9-15-21/h4-15H,3H2,1-2H3. The van der Waals surface area contributed by atoms with Crippen molar-refractivity contribution in [2.24, 2.45) is 0 Å². The molecule has 0 aliphatic heterocycles. The molecule has 0 saturated heterocycles. The Morgan fingerprint density at radius 3 is 1.86 bits per heavy atom. The van der Waals surface area contributed by atoms with Crippen molar-refractivity contribution < 1.29 is 14.3 Å². The lowest BCUT2D eigenvalue weighted by atomic mass is 9.95. The maximum Gasteiger partial charge on any atom is 0.354 e. The molecule has 0 bridgehead atoms. The number of esters is 1. The zero-order valence-electron chi connectivity index (χ0n) is 16.0. The van der Waals surface area contributed by atoms with Gasteiger partial charge in [-0.2, -0.15) is 0 Å². The fraction of sp³-hybridized carbons (Fsp3) is 0.174. The van der Waals surface area contributed by atoms with Gasteiger partial charge in [-0.3, -0.25) is 0 Å². The molecule has 0 N–H and O–H groups in total. The number of halogens is 2. The lowest BCUT2D eigenvalue weighted by Crippen LogP contribution is -2.40. The van der Waals surface area contributed by atoms with Crippen LogP contribution in [-0.4, -0.2) is 12.6 Å². The largest absolute Gasteiger partial charge is 0.471 e. The van der Waals surface area contributed by atoms with E-state index in [1.54, 1.807) is 49.9 Å². The molecule has 29 heavy (non-hydrogen) atoms. The normalized spacial score (nSPS) is 12.8. The third kappa shape index (κ3) is 5.47. The molecule has 0 saturated carbocycles. The molecule has 0 aromatic heterocycles. The van der Waals surface area contributed by atoms with E-state index >= 15 is 0 Å². The third-order valence-electron chi connectivity index (χ3n) is 4.26. The van der Waals surface area contributed by atoms with Gasteiger partial charge < -0.3 is 9.47 Å². The molecule has 3 rings (SSSR count). The first kappa shape index (κ1) is 21.6. The predicted molar refractivity (Wildman–Crippen MR) is 118 cm³/mol. The van der Waals surface area contributed by atoms with Crippen molar-refractivity contribution in [3.8, 4) is 5.75 Å². The highest BCUT2D eigenvalue weighted by atomic mass is 35.5. The minimum Gasteiger partial charge on any atom is -0.471 e. The van der Waals surface area contributed by atoms with Gasteiger partial charge in [0.05, 0.1) is 6.61 Å². The summed E-state index contributed by atoms with van der Waals surface area (Å²) in [5, 5.41) is 1.30. The number of carbonyl (C=O) groups is 1. The fourth-order valence-corrected chi connectivity index (χ4v) is 3.77. The van der Waals surface area contributed by atoms with Crippen LogP contribution in [0.5, 0.6) is 5.75 Å². The molecule has 1 atom stereocenters. The lowest BCUT2D eigenvalue weighted by molar-refractivity contribution is -0.161. The number of rotatable bonds is 7. The topological polar surface area (TPSA) is 35.5 Å². The highest BCUT2D eigenvalue weighted by Gasteiger charge is 2.39. The third-order valence-corrected chi connectivity index (χ3v) is 5.77. The summed E-state index contributed by atoms with van der Waals surface area (Å²) in [5.74, 6) is 0.0811. The second-order valence-corrected chi connectivity index (χ2v) is 8.41. The number of hydrogen-bond acceptors (Lipinski definition) is 4. The molecule has 0 fully saturated rings. The highest BCUT2D eigenvalue weighted by Crippen LogP contribution is 2.34. The van der Waals surface area contributed by atoms with Crippen molar-refractivity contribution in [1.82, 2.24) is 0 Å². The Labute approximate surface area is 184 Å². The number of hydrogen-bond donors (Lipinski definition) is 0. The van der Waals surface area contributed by atoms with Gasteiger partial charge in [-0.15, -0.1) is 0 Å². The minimum atomic E-state index is -1.28. The van der Waals surface area contributed by atoms with Crippen LogP contribution in [0.1, 0.15) is 19.4 Å². The molecule has 6 heteroatoms. The molecular formula is C23H20Cl2O3S. The Bertz CT molecular complexity index is 957. The second kappa shape index (κ2) is 9.57. The van der Waals surface area contributed by atoms with Gasteiger partial charge in [0.1, 0.15) is 5.75 Å². The zero-order valence-corrected chi connectivity index (χ0v) is 18.4. The van der Waals surface area contributed by atoms with Crippen molar-refractivity contribution in [1.29, 1.82) is 0 Å². The number of benzene rings is 3. The summed E-state index contributed by atoms with van der Waals surface area (Å²) in [6, 6.07) is 22.2. The first-order valence-electron chi connectivity index (χ1n) is 9.06. The quantitative estimate of drug-likeness (QED) is 0.365. The van der Waals surface area contributed by atoms with Crippen LogP contribution < -0.4 is 4.74 Å². The first-order chi connectivity index (χ1) is 13.9. The van der Waals surface area contributed by atoms with E-state index in [1.807, 2.05) is 48.5 Å². The minimum absolute atomic E-state index is 0.267. The van der Waals surface area contributed by atoms with Crippen molar-refractivity contribution in [2.75, 3.05) is 6.61 Å². The summed E-state index contributed by atoms with van der Waals surface area (Å²) in [4.78, 5) is 14.9. The first-order valence-corrected chi connectivity index (χ1v) is 10.6. The molecule has 0 aliphatic carbocycles. The Kier molecular flexibility index (Phi) is 7.12. The van der Waals surface area contributed by atoms with Gasteiger partial charge in [-0.05, 0) is 74.5 Å². The van der Waals surface area contributed by atoms with Crippen molar-refractivity contribution in [3.63, 3.8) is 0 Å². The van der Waals surface area contributed by atoms with Crippen molar-refractivity contribution in [3.05, 3.63) is 88.4 Å². The monoisotopic (exact) mass is 446 g/mol. The van der Waals surface area contributed by atoms with Crippen LogP contribution in [0.25, 0.3) is 0 Å². The van der Waals surface area contributed by atoms with Crippen molar-refractivity contribution >= 4 is 40.9 Å². The zero-order chi connectivity index (χ0) is 20.9. The van der Waals surface area contributed by atoms with Crippen LogP contribution in [0.4, 0.5) is 0 Å².